The molecule has 0 saturated carbocycles. The van der Waals surface area contributed by atoms with E-state index in [1.807, 2.05) is 0 Å². The van der Waals surface area contributed by atoms with Gasteiger partial charge in [0.1, 0.15) is 11.2 Å². The van der Waals surface area contributed by atoms with E-state index in [0.29, 0.717) is 6.07 Å². The zero-order valence-electron chi connectivity index (χ0n) is 39.2. The number of benzene rings is 5. The molecule has 0 aliphatic carbocycles. The molecule has 414 valence electrons. The van der Waals surface area contributed by atoms with E-state index in [4.69, 9.17) is 19.7 Å². The van der Waals surface area contributed by atoms with Crippen LogP contribution in [0.25, 0.3) is 0 Å². The normalized spacial score (nSPS) is 11.1. The molecule has 0 radical (unpaired) electrons. The summed E-state index contributed by atoms with van der Waals surface area (Å²) >= 11 is 0. The third kappa shape index (κ3) is 17.5. The zero-order chi connectivity index (χ0) is 59.0. The van der Waals surface area contributed by atoms with Gasteiger partial charge in [-0.1, -0.05) is 0 Å². The van der Waals surface area contributed by atoms with Gasteiger partial charge in [-0.05, 0) is 77.9 Å². The van der Waals surface area contributed by atoms with Crippen LogP contribution >= 0.6 is 0 Å². The molecule has 0 aliphatic rings. The van der Waals surface area contributed by atoms with Gasteiger partial charge in [0, 0.05) is 29.6 Å². The van der Waals surface area contributed by atoms with Gasteiger partial charge in [-0.25, -0.2) is 59.9 Å². The fourth-order valence-electron chi connectivity index (χ4n) is 5.10. The number of esters is 3. The van der Waals surface area contributed by atoms with Crippen LogP contribution in [0.4, 0.5) is 86.8 Å². The number of anilines is 2. The number of alkyl halides is 3. The quantitative estimate of drug-likeness (QED) is 0.0466. The van der Waals surface area contributed by atoms with Crippen LogP contribution in [0.3, 0.4) is 0 Å². The molecule has 5 aromatic carbocycles. The summed E-state index contributed by atoms with van der Waals surface area (Å²) in [7, 11) is 0. The van der Waals surface area contributed by atoms with Crippen molar-refractivity contribution >= 4 is 53.4 Å². The van der Waals surface area contributed by atoms with E-state index < -0.39 is 163 Å². The average Bonchev–Trinajstić information content (AvgIpc) is 3.29. The van der Waals surface area contributed by atoms with Crippen LogP contribution in [-0.4, -0.2) is 69.6 Å². The number of nitrogens with one attached hydrogen (secondary N) is 2. The predicted molar refractivity (Wildman–Crippen MR) is 227 cm³/mol. The highest BCUT2D eigenvalue weighted by Gasteiger charge is 2.43. The Hall–Kier alpha value is -9.06. The minimum Gasteiger partial charge on any atom is -0.478 e. The van der Waals surface area contributed by atoms with Gasteiger partial charge in [0.2, 0.25) is 52.2 Å². The molecule has 0 unspecified atom stereocenters. The van der Waals surface area contributed by atoms with Gasteiger partial charge in [0.25, 0.3) is 0 Å². The van der Waals surface area contributed by atoms with E-state index in [0.717, 1.165) is 30.3 Å². The number of hydrogen-bond acceptors (Lipinski definition) is 12. The first-order valence-electron chi connectivity index (χ1n) is 20.2. The largest absolute Gasteiger partial charge is 0.491 e. The van der Waals surface area contributed by atoms with Gasteiger partial charge in [0.05, 0.1) is 22.3 Å². The number of aromatic carboxylic acids is 2. The van der Waals surface area contributed by atoms with E-state index in [2.05, 4.69) is 24.8 Å². The molecule has 0 spiro atoms. The Morgan fingerprint density at radius 3 is 0.883 bits per heavy atom. The molecule has 0 bridgehead atoms. The van der Waals surface area contributed by atoms with Crippen molar-refractivity contribution in [3.05, 3.63) is 147 Å². The molecule has 2 amide bonds. The standard InChI is InChI=1S/C25H15F8NO6.C13H15NO6.C8HF7O2/c1-25(2,3)40-24(37)34-11-5-9(22(35)38-20-16(30)12(26)7-13(27)17(20)31)4-10(6-11)23(36)39-21-18(32)14(28)8-15(29)19(21)33;1-13(2,3)20-12(19)14-9-5-7(10(15)16)4-8(6-9)11(17)18;9-2-1-3(10)5(12)6(4(2)11)17-7(16)8(13,14)15/h4-8H,1-3H3,(H,34,37);4-6H,1-3H3,(H,14,19)(H,15,16)(H,17,18);1H. The fraction of sp³-hybridized carbons (Fsp3) is 0.196. The number of amides is 2. The molecule has 0 aliphatic heterocycles. The lowest BCUT2D eigenvalue weighted by atomic mass is 10.1. The highest BCUT2D eigenvalue weighted by Crippen LogP contribution is 2.32. The summed E-state index contributed by atoms with van der Waals surface area (Å²) in [4.78, 5) is 81.0. The van der Waals surface area contributed by atoms with E-state index in [1.165, 1.54) is 20.8 Å². The maximum absolute atomic E-state index is 14.0. The highest BCUT2D eigenvalue weighted by atomic mass is 19.4. The summed E-state index contributed by atoms with van der Waals surface area (Å²) in [5.74, 6) is -39.2. The van der Waals surface area contributed by atoms with E-state index in [9.17, 15) is 99.4 Å². The number of rotatable bonds is 9. The Balaban J connectivity index is 0.000000349. The van der Waals surface area contributed by atoms with Crippen LogP contribution < -0.4 is 24.8 Å². The van der Waals surface area contributed by atoms with Crippen LogP contribution in [-0.2, 0) is 14.3 Å². The van der Waals surface area contributed by atoms with Gasteiger partial charge in [-0.15, -0.1) is 0 Å². The number of carboxylic acids is 2. The van der Waals surface area contributed by atoms with Gasteiger partial charge in [-0.3, -0.25) is 10.6 Å². The van der Waals surface area contributed by atoms with E-state index in [-0.39, 0.29) is 35.0 Å². The number of hydrogen-bond donors (Lipinski definition) is 4. The number of carbonyl (C=O) groups excluding carboxylic acids is 5. The molecular weight excluding hydrogens is 1090 g/mol. The maximum atomic E-state index is 14.0. The molecule has 0 atom stereocenters. The third-order valence-corrected chi connectivity index (χ3v) is 8.15. The lowest BCUT2D eigenvalue weighted by Crippen LogP contribution is -2.29. The second-order valence-corrected chi connectivity index (χ2v) is 16.5. The number of ether oxygens (including phenoxy) is 5. The van der Waals surface area contributed by atoms with Crippen LogP contribution in [0.15, 0.2) is 54.6 Å². The highest BCUT2D eigenvalue weighted by molar-refractivity contribution is 6.00. The molecule has 0 fully saturated rings. The predicted octanol–water partition coefficient (Wildman–Crippen LogP) is 11.7. The molecule has 5 rings (SSSR count). The number of carboxylic acid groups (broad SMARTS) is 2. The van der Waals surface area contributed by atoms with Crippen molar-refractivity contribution in [1.29, 1.82) is 0 Å². The molecule has 0 aromatic heterocycles. The second-order valence-electron chi connectivity index (χ2n) is 16.5. The summed E-state index contributed by atoms with van der Waals surface area (Å²) in [5, 5.41) is 22.2. The Morgan fingerprint density at radius 2 is 0.636 bits per heavy atom. The SMILES string of the molecule is CC(C)(C)OC(=O)Nc1cc(C(=O)O)cc(C(=O)O)c1.CC(C)(C)OC(=O)Nc1cc(C(=O)Oc2c(F)c(F)cc(F)c2F)cc(C(=O)Oc2c(F)c(F)cc(F)c2F)c1.O=C(Oc1c(F)c(F)cc(F)c1F)C(F)(F)F. The van der Waals surface area contributed by atoms with E-state index in [1.54, 1.807) is 20.8 Å². The topological polar surface area (TPSA) is 230 Å². The summed E-state index contributed by atoms with van der Waals surface area (Å²) in [6.07, 6.45) is -7.51. The third-order valence-electron chi connectivity index (χ3n) is 8.15. The molecule has 5 aromatic rings. The smallest absolute Gasteiger partial charge is 0.478 e. The van der Waals surface area contributed by atoms with Crippen molar-refractivity contribution in [2.75, 3.05) is 10.6 Å². The summed E-state index contributed by atoms with van der Waals surface area (Å²) in [6.45, 7) is 9.44. The molecule has 31 heteroatoms. The van der Waals surface area contributed by atoms with Gasteiger partial charge >= 0.3 is 48.2 Å². The van der Waals surface area contributed by atoms with Crippen LogP contribution in [0.5, 0.6) is 17.2 Å². The average molecular weight is 1120 g/mol. The lowest BCUT2D eigenvalue weighted by molar-refractivity contribution is -0.190. The number of halogens is 15. The minimum atomic E-state index is -5.55. The molecule has 4 N–H and O–H groups in total. The first-order valence-corrected chi connectivity index (χ1v) is 20.2. The van der Waals surface area contributed by atoms with Crippen molar-refractivity contribution in [3.63, 3.8) is 0 Å². The van der Waals surface area contributed by atoms with Gasteiger partial charge < -0.3 is 33.9 Å². The molecule has 0 saturated heterocycles. The molecular formula is C46H31F15N2O14. The van der Waals surface area contributed by atoms with Crippen molar-refractivity contribution in [2.45, 2.75) is 58.9 Å². The summed E-state index contributed by atoms with van der Waals surface area (Å²) in [6, 6.07) is 4.79. The Kier molecular flexibility index (Phi) is 19.8. The monoisotopic (exact) mass is 1120 g/mol. The first-order chi connectivity index (χ1) is 35.2. The Bertz CT molecular complexity index is 2970. The summed E-state index contributed by atoms with van der Waals surface area (Å²) in [5.41, 5.74) is -4.36. The maximum Gasteiger partial charge on any atom is 0.491 e. The number of carbonyl (C=O) groups is 7. The van der Waals surface area contributed by atoms with Gasteiger partial charge in [0.15, 0.2) is 34.9 Å². The first kappa shape index (κ1) is 62.2. The summed E-state index contributed by atoms with van der Waals surface area (Å²) < 4.78 is 218. The van der Waals surface area contributed by atoms with Crippen molar-refractivity contribution in [3.8, 4) is 17.2 Å². The Morgan fingerprint density at radius 1 is 0.390 bits per heavy atom. The molecule has 77 heavy (non-hydrogen) atoms. The van der Waals surface area contributed by atoms with Gasteiger partial charge in [-0.2, -0.15) is 39.5 Å². The second kappa shape index (κ2) is 24.5. The van der Waals surface area contributed by atoms with Crippen molar-refractivity contribution < 1.29 is 133 Å². The molecule has 16 nitrogen and oxygen atoms in total. The van der Waals surface area contributed by atoms with Crippen LogP contribution in [0.1, 0.15) is 83.0 Å². The van der Waals surface area contributed by atoms with Crippen LogP contribution in [0.2, 0.25) is 0 Å². The lowest BCUT2D eigenvalue weighted by Gasteiger charge is -2.20. The van der Waals surface area contributed by atoms with E-state index >= 15 is 0 Å². The Labute approximate surface area is 419 Å². The minimum absolute atomic E-state index is 0.0385. The zero-order valence-corrected chi connectivity index (χ0v) is 39.2. The molecule has 0 heterocycles. The fourth-order valence-corrected chi connectivity index (χ4v) is 5.10. The van der Waals surface area contributed by atoms with Crippen LogP contribution in [0, 0.1) is 69.8 Å². The van der Waals surface area contributed by atoms with Crippen molar-refractivity contribution in [2.24, 2.45) is 0 Å². The van der Waals surface area contributed by atoms with Crippen molar-refractivity contribution in [1.82, 2.24) is 0 Å².